The Labute approximate surface area is 128 Å². The zero-order chi connectivity index (χ0) is 16.0. The zero-order valence-electron chi connectivity index (χ0n) is 12.2. The van der Waals surface area contributed by atoms with Gasteiger partial charge in [0, 0.05) is 5.02 Å². The summed E-state index contributed by atoms with van der Waals surface area (Å²) in [6.07, 6.45) is 0.357. The molecule has 7 heteroatoms. The van der Waals surface area contributed by atoms with Gasteiger partial charge in [0.25, 0.3) is 0 Å². The van der Waals surface area contributed by atoms with Crippen molar-refractivity contribution in [3.8, 4) is 5.75 Å². The number of carboxylic acids is 1. The first-order valence-corrected chi connectivity index (χ1v) is 6.82. The lowest BCUT2D eigenvalue weighted by atomic mass is 9.99. The molecule has 3 N–H and O–H groups in total. The Balaban J connectivity index is 2.70. The van der Waals surface area contributed by atoms with Crippen LogP contribution in [0.2, 0.25) is 5.02 Å². The number of anilines is 1. The van der Waals surface area contributed by atoms with E-state index in [9.17, 15) is 9.59 Å². The molecule has 1 amide bonds. The van der Waals surface area contributed by atoms with Crippen molar-refractivity contribution in [3.63, 3.8) is 0 Å². The Morgan fingerprint density at radius 3 is 2.62 bits per heavy atom. The molecule has 0 heterocycles. The highest BCUT2D eigenvalue weighted by molar-refractivity contribution is 6.31. The molecule has 0 radical (unpaired) electrons. The van der Waals surface area contributed by atoms with Gasteiger partial charge in [0.1, 0.15) is 11.3 Å². The van der Waals surface area contributed by atoms with Gasteiger partial charge in [-0.05, 0) is 31.5 Å². The van der Waals surface area contributed by atoms with Crippen LogP contribution in [0.3, 0.4) is 0 Å². The van der Waals surface area contributed by atoms with Crippen LogP contribution in [0.1, 0.15) is 20.3 Å². The summed E-state index contributed by atoms with van der Waals surface area (Å²) in [4.78, 5) is 23.0. The lowest BCUT2D eigenvalue weighted by Gasteiger charge is -2.24. The van der Waals surface area contributed by atoms with Crippen molar-refractivity contribution in [1.82, 2.24) is 5.32 Å². The SMILES string of the molecule is CCC(C)(NCC(=O)Nc1cc(Cl)ccc1OC)C(=O)O. The topological polar surface area (TPSA) is 87.7 Å². The number of carbonyl (C=O) groups excluding carboxylic acids is 1. The Morgan fingerprint density at radius 1 is 1.43 bits per heavy atom. The monoisotopic (exact) mass is 314 g/mol. The predicted octanol–water partition coefficient (Wildman–Crippen LogP) is 2.13. The Kier molecular flexibility index (Phi) is 5.99. The smallest absolute Gasteiger partial charge is 0.323 e. The molecule has 21 heavy (non-hydrogen) atoms. The minimum absolute atomic E-state index is 0.133. The zero-order valence-corrected chi connectivity index (χ0v) is 13.0. The number of carbonyl (C=O) groups is 2. The van der Waals surface area contributed by atoms with Crippen molar-refractivity contribution in [1.29, 1.82) is 0 Å². The summed E-state index contributed by atoms with van der Waals surface area (Å²) in [6.45, 7) is 3.13. The van der Waals surface area contributed by atoms with Gasteiger partial charge in [0.05, 0.1) is 19.3 Å². The van der Waals surface area contributed by atoms with Crippen LogP contribution in [0.4, 0.5) is 5.69 Å². The van der Waals surface area contributed by atoms with Gasteiger partial charge in [-0.25, -0.2) is 0 Å². The Hall–Kier alpha value is -1.79. The molecule has 0 spiro atoms. The summed E-state index contributed by atoms with van der Waals surface area (Å²) in [7, 11) is 1.48. The molecule has 1 rings (SSSR count). The van der Waals surface area contributed by atoms with E-state index in [-0.39, 0.29) is 12.5 Å². The number of hydrogen-bond acceptors (Lipinski definition) is 4. The van der Waals surface area contributed by atoms with Crippen molar-refractivity contribution in [2.75, 3.05) is 19.0 Å². The van der Waals surface area contributed by atoms with Crippen molar-refractivity contribution in [2.45, 2.75) is 25.8 Å². The molecule has 0 aliphatic heterocycles. The number of hydrogen-bond donors (Lipinski definition) is 3. The van der Waals surface area contributed by atoms with Crippen LogP contribution in [0.25, 0.3) is 0 Å². The molecule has 0 fully saturated rings. The number of halogens is 1. The summed E-state index contributed by atoms with van der Waals surface area (Å²) in [5.74, 6) is -0.904. The first-order valence-electron chi connectivity index (χ1n) is 6.44. The number of amides is 1. The van der Waals surface area contributed by atoms with Crippen molar-refractivity contribution >= 4 is 29.2 Å². The summed E-state index contributed by atoms with van der Waals surface area (Å²) < 4.78 is 5.12. The number of carboxylic acid groups (broad SMARTS) is 1. The number of nitrogens with one attached hydrogen (secondary N) is 2. The van der Waals surface area contributed by atoms with Gasteiger partial charge >= 0.3 is 5.97 Å². The van der Waals surface area contributed by atoms with Crippen LogP contribution >= 0.6 is 11.6 Å². The number of aliphatic carboxylic acids is 1. The normalized spacial score (nSPS) is 13.3. The highest BCUT2D eigenvalue weighted by Gasteiger charge is 2.30. The van der Waals surface area contributed by atoms with Crippen LogP contribution in [0.15, 0.2) is 18.2 Å². The molecular formula is C14H19ClN2O4. The Bertz CT molecular complexity index is 536. The summed E-state index contributed by atoms with van der Waals surface area (Å²) in [5, 5.41) is 14.9. The third-order valence-corrected chi connectivity index (χ3v) is 3.49. The second-order valence-corrected chi connectivity index (χ2v) is 5.17. The van der Waals surface area contributed by atoms with E-state index in [1.807, 2.05) is 0 Å². The van der Waals surface area contributed by atoms with Gasteiger partial charge in [-0.15, -0.1) is 0 Å². The minimum Gasteiger partial charge on any atom is -0.495 e. The number of methoxy groups -OCH3 is 1. The molecule has 1 unspecified atom stereocenters. The van der Waals surface area contributed by atoms with E-state index in [4.69, 9.17) is 21.4 Å². The maximum atomic E-state index is 11.9. The van der Waals surface area contributed by atoms with E-state index in [1.54, 1.807) is 25.1 Å². The average Bonchev–Trinajstić information content (AvgIpc) is 2.44. The lowest BCUT2D eigenvalue weighted by molar-refractivity contribution is -0.144. The van der Waals surface area contributed by atoms with Crippen LogP contribution in [-0.4, -0.2) is 36.2 Å². The van der Waals surface area contributed by atoms with E-state index in [2.05, 4.69) is 10.6 Å². The maximum Gasteiger partial charge on any atom is 0.323 e. The van der Waals surface area contributed by atoms with Gasteiger partial charge < -0.3 is 15.2 Å². The minimum atomic E-state index is -1.14. The van der Waals surface area contributed by atoms with Crippen LogP contribution in [-0.2, 0) is 9.59 Å². The molecule has 116 valence electrons. The van der Waals surface area contributed by atoms with Gasteiger partial charge in [0.15, 0.2) is 0 Å². The molecule has 6 nitrogen and oxygen atoms in total. The third-order valence-electron chi connectivity index (χ3n) is 3.25. The second kappa shape index (κ2) is 7.28. The van der Waals surface area contributed by atoms with Crippen molar-refractivity contribution in [3.05, 3.63) is 23.2 Å². The molecule has 0 aromatic heterocycles. The van der Waals surface area contributed by atoms with Gasteiger partial charge in [-0.1, -0.05) is 18.5 Å². The van der Waals surface area contributed by atoms with E-state index < -0.39 is 11.5 Å². The molecule has 1 atom stereocenters. The van der Waals surface area contributed by atoms with Crippen LogP contribution in [0.5, 0.6) is 5.75 Å². The predicted molar refractivity (Wildman–Crippen MR) is 81.0 cm³/mol. The average molecular weight is 315 g/mol. The van der Waals surface area contributed by atoms with E-state index in [0.717, 1.165) is 0 Å². The molecule has 0 bridgehead atoms. The van der Waals surface area contributed by atoms with Gasteiger partial charge in [0.2, 0.25) is 5.91 Å². The molecule has 0 saturated carbocycles. The van der Waals surface area contributed by atoms with Gasteiger partial charge in [-0.2, -0.15) is 0 Å². The van der Waals surface area contributed by atoms with Crippen LogP contribution in [0, 0.1) is 0 Å². The molecule has 1 aromatic rings. The number of benzene rings is 1. The number of ether oxygens (including phenoxy) is 1. The fourth-order valence-electron chi connectivity index (χ4n) is 1.60. The standard InChI is InChI=1S/C14H19ClN2O4/c1-4-14(2,13(19)20)16-8-12(18)17-10-7-9(15)5-6-11(10)21-3/h5-7,16H,4,8H2,1-3H3,(H,17,18)(H,19,20). The summed E-state index contributed by atoms with van der Waals surface area (Å²) in [6, 6.07) is 4.85. The molecular weight excluding hydrogens is 296 g/mol. The highest BCUT2D eigenvalue weighted by Crippen LogP contribution is 2.27. The highest BCUT2D eigenvalue weighted by atomic mass is 35.5. The van der Waals surface area contributed by atoms with E-state index >= 15 is 0 Å². The lowest BCUT2D eigenvalue weighted by Crippen LogP contribution is -2.51. The second-order valence-electron chi connectivity index (χ2n) is 4.74. The van der Waals surface area contributed by atoms with Gasteiger partial charge in [-0.3, -0.25) is 14.9 Å². The summed E-state index contributed by atoms with van der Waals surface area (Å²) in [5.41, 5.74) is -0.708. The fourth-order valence-corrected chi connectivity index (χ4v) is 1.77. The largest absolute Gasteiger partial charge is 0.495 e. The molecule has 0 saturated heterocycles. The summed E-state index contributed by atoms with van der Waals surface area (Å²) >= 11 is 5.87. The van der Waals surface area contributed by atoms with E-state index in [1.165, 1.54) is 14.0 Å². The van der Waals surface area contributed by atoms with Crippen LogP contribution < -0.4 is 15.4 Å². The maximum absolute atomic E-state index is 11.9. The fraction of sp³-hybridized carbons (Fsp3) is 0.429. The quantitative estimate of drug-likeness (QED) is 0.717. The Morgan fingerprint density at radius 2 is 2.10 bits per heavy atom. The first-order chi connectivity index (χ1) is 9.82. The first kappa shape index (κ1) is 17.3. The third kappa shape index (κ3) is 4.61. The molecule has 0 aliphatic rings. The molecule has 1 aromatic carbocycles. The molecule has 0 aliphatic carbocycles. The van der Waals surface area contributed by atoms with Crippen molar-refractivity contribution < 1.29 is 19.4 Å². The number of rotatable bonds is 7. The van der Waals surface area contributed by atoms with E-state index in [0.29, 0.717) is 22.9 Å². The van der Waals surface area contributed by atoms with Crippen molar-refractivity contribution in [2.24, 2.45) is 0 Å².